The summed E-state index contributed by atoms with van der Waals surface area (Å²) in [4.78, 5) is 0. The minimum Gasteiger partial charge on any atom is -0.0616 e. The van der Waals surface area contributed by atoms with Crippen LogP contribution in [0.5, 0.6) is 0 Å². The Balaban J connectivity index is 1.01. The zero-order valence-electron chi connectivity index (χ0n) is 29.5. The molecule has 12 rings (SSSR count). The van der Waals surface area contributed by atoms with Gasteiger partial charge in [0.05, 0.1) is 0 Å². The molecule has 11 aromatic carbocycles. The van der Waals surface area contributed by atoms with Crippen molar-refractivity contribution in [1.82, 2.24) is 0 Å². The largest absolute Gasteiger partial charge is 0.0616 e. The quantitative estimate of drug-likeness (QED) is 0.163. The molecule has 0 heteroatoms. The van der Waals surface area contributed by atoms with E-state index in [9.17, 15) is 0 Å². The average Bonchev–Trinajstić information content (AvgIpc) is 3.57. The van der Waals surface area contributed by atoms with Crippen LogP contribution in [0.4, 0.5) is 0 Å². The van der Waals surface area contributed by atoms with Crippen LogP contribution < -0.4 is 0 Å². The first kappa shape index (κ1) is 29.5. The first-order chi connectivity index (χ1) is 26.8. The van der Waals surface area contributed by atoms with Gasteiger partial charge in [-0.3, -0.25) is 0 Å². The summed E-state index contributed by atoms with van der Waals surface area (Å²) in [6.45, 7) is 0. The molecule has 0 saturated heterocycles. The lowest BCUT2D eigenvalue weighted by Gasteiger charge is -2.15. The molecule has 0 N–H and O–H groups in total. The summed E-state index contributed by atoms with van der Waals surface area (Å²) < 4.78 is 0. The number of fused-ring (bicyclic) bond motifs is 10. The summed E-state index contributed by atoms with van der Waals surface area (Å²) in [5.74, 6) is 0. The number of rotatable bonds is 3. The van der Waals surface area contributed by atoms with Crippen LogP contribution in [0.25, 0.3) is 120 Å². The standard InChI is InChI=1S/C54H32/c1-5-14-43-33(10-1)24-25-50-52(31-37-12-3-6-15-44(37)53(43)50)39-23-21-34-28-38(22-20-35(34)29-39)51-32-40(30-36-11-2-4-13-41(36)51)42-26-27-49-46-17-8-7-16-45(46)48-19-9-18-47(42)54(48)49/h1-32H. The molecule has 0 nitrogen and oxygen atoms in total. The Kier molecular flexibility index (Phi) is 6.15. The topological polar surface area (TPSA) is 0 Å². The van der Waals surface area contributed by atoms with Crippen LogP contribution in [0, 0.1) is 0 Å². The SMILES string of the molecule is c1ccc2c(c1)-c1cccc3c(-c4cc(-c5ccc6cc(-c7cc8ccccc8c8c7ccc7ccccc78)ccc6c5)c5ccccc5c4)ccc-2c13. The van der Waals surface area contributed by atoms with E-state index >= 15 is 0 Å². The van der Waals surface area contributed by atoms with Gasteiger partial charge in [-0.05, 0) is 151 Å². The van der Waals surface area contributed by atoms with E-state index in [0.29, 0.717) is 0 Å². The summed E-state index contributed by atoms with van der Waals surface area (Å²) >= 11 is 0. The second kappa shape index (κ2) is 11.2. The van der Waals surface area contributed by atoms with E-state index in [1.54, 1.807) is 0 Å². The van der Waals surface area contributed by atoms with Gasteiger partial charge in [-0.1, -0.05) is 164 Å². The second-order valence-corrected chi connectivity index (χ2v) is 14.8. The van der Waals surface area contributed by atoms with Crippen molar-refractivity contribution in [3.8, 4) is 55.6 Å². The summed E-state index contributed by atoms with van der Waals surface area (Å²) in [6, 6.07) is 72.4. The molecule has 1 aliphatic carbocycles. The molecule has 0 spiro atoms. The minimum atomic E-state index is 1.23. The van der Waals surface area contributed by atoms with Crippen LogP contribution in [-0.4, -0.2) is 0 Å². The van der Waals surface area contributed by atoms with Crippen molar-refractivity contribution < 1.29 is 0 Å². The summed E-state index contributed by atoms with van der Waals surface area (Å²) in [7, 11) is 0. The average molecular weight is 681 g/mol. The molecule has 0 unspecified atom stereocenters. The lowest BCUT2D eigenvalue weighted by molar-refractivity contribution is 1.65. The van der Waals surface area contributed by atoms with Crippen molar-refractivity contribution in [3.63, 3.8) is 0 Å². The molecule has 0 heterocycles. The van der Waals surface area contributed by atoms with Crippen LogP contribution in [0.15, 0.2) is 194 Å². The normalized spacial score (nSPS) is 12.1. The lowest BCUT2D eigenvalue weighted by Crippen LogP contribution is -1.89. The van der Waals surface area contributed by atoms with E-state index in [2.05, 4.69) is 194 Å². The van der Waals surface area contributed by atoms with Crippen LogP contribution in [-0.2, 0) is 0 Å². The van der Waals surface area contributed by atoms with Gasteiger partial charge >= 0.3 is 0 Å². The number of hydrogen-bond donors (Lipinski definition) is 0. The van der Waals surface area contributed by atoms with E-state index in [4.69, 9.17) is 0 Å². The number of hydrogen-bond acceptors (Lipinski definition) is 0. The zero-order valence-corrected chi connectivity index (χ0v) is 29.5. The molecule has 248 valence electrons. The van der Waals surface area contributed by atoms with Crippen molar-refractivity contribution in [1.29, 1.82) is 0 Å². The van der Waals surface area contributed by atoms with Gasteiger partial charge in [0.1, 0.15) is 0 Å². The van der Waals surface area contributed by atoms with Gasteiger partial charge in [0.25, 0.3) is 0 Å². The predicted molar refractivity (Wildman–Crippen MR) is 232 cm³/mol. The molecule has 0 atom stereocenters. The van der Waals surface area contributed by atoms with Crippen molar-refractivity contribution in [2.45, 2.75) is 0 Å². The molecule has 11 aromatic rings. The van der Waals surface area contributed by atoms with Crippen molar-refractivity contribution in [2.75, 3.05) is 0 Å². The highest BCUT2D eigenvalue weighted by molar-refractivity contribution is 6.24. The zero-order chi connectivity index (χ0) is 35.3. The lowest BCUT2D eigenvalue weighted by atomic mass is 9.88. The minimum absolute atomic E-state index is 1.23. The van der Waals surface area contributed by atoms with Crippen LogP contribution in [0.2, 0.25) is 0 Å². The third-order valence-electron chi connectivity index (χ3n) is 11.9. The molecule has 0 saturated carbocycles. The van der Waals surface area contributed by atoms with Gasteiger partial charge in [-0.25, -0.2) is 0 Å². The molecule has 0 fully saturated rings. The molecule has 0 aromatic heterocycles. The highest BCUT2D eigenvalue weighted by atomic mass is 14.3. The van der Waals surface area contributed by atoms with Crippen LogP contribution in [0.1, 0.15) is 0 Å². The Morgan fingerprint density at radius 3 is 1.41 bits per heavy atom. The highest BCUT2D eigenvalue weighted by Crippen LogP contribution is 2.50. The first-order valence-electron chi connectivity index (χ1n) is 18.8. The van der Waals surface area contributed by atoms with E-state index in [1.165, 1.54) is 120 Å². The van der Waals surface area contributed by atoms with Gasteiger partial charge in [0.2, 0.25) is 0 Å². The molecule has 0 amide bonds. The molecule has 0 bridgehead atoms. The number of benzene rings is 11. The van der Waals surface area contributed by atoms with E-state index in [1.807, 2.05) is 0 Å². The summed E-state index contributed by atoms with van der Waals surface area (Å²) in [5, 5.41) is 15.4. The summed E-state index contributed by atoms with van der Waals surface area (Å²) in [6.07, 6.45) is 0. The Morgan fingerprint density at radius 1 is 0.185 bits per heavy atom. The third-order valence-corrected chi connectivity index (χ3v) is 11.9. The van der Waals surface area contributed by atoms with Gasteiger partial charge in [-0.2, -0.15) is 0 Å². The molecule has 0 radical (unpaired) electrons. The fourth-order valence-corrected chi connectivity index (χ4v) is 9.45. The second-order valence-electron chi connectivity index (χ2n) is 14.8. The first-order valence-corrected chi connectivity index (χ1v) is 18.8. The molecular formula is C54H32. The Bertz CT molecular complexity index is 3340. The van der Waals surface area contributed by atoms with Gasteiger partial charge in [0, 0.05) is 0 Å². The van der Waals surface area contributed by atoms with Crippen molar-refractivity contribution in [3.05, 3.63) is 194 Å². The van der Waals surface area contributed by atoms with Gasteiger partial charge < -0.3 is 0 Å². The van der Waals surface area contributed by atoms with E-state index < -0.39 is 0 Å². The Labute approximate surface area is 313 Å². The predicted octanol–water partition coefficient (Wildman–Crippen LogP) is 15.3. The highest BCUT2D eigenvalue weighted by Gasteiger charge is 2.22. The third kappa shape index (κ3) is 4.26. The molecule has 0 aliphatic heterocycles. The van der Waals surface area contributed by atoms with Crippen LogP contribution in [0.3, 0.4) is 0 Å². The van der Waals surface area contributed by atoms with E-state index in [-0.39, 0.29) is 0 Å². The summed E-state index contributed by atoms with van der Waals surface area (Å²) in [5.41, 5.74) is 12.8. The Morgan fingerprint density at radius 2 is 0.667 bits per heavy atom. The molecule has 54 heavy (non-hydrogen) atoms. The maximum absolute atomic E-state index is 2.41. The van der Waals surface area contributed by atoms with Crippen LogP contribution >= 0.6 is 0 Å². The maximum atomic E-state index is 2.41. The Hall–Kier alpha value is -7.02. The fourth-order valence-electron chi connectivity index (χ4n) is 9.45. The smallest absolute Gasteiger partial charge is 0.00201 e. The van der Waals surface area contributed by atoms with Gasteiger partial charge in [0.15, 0.2) is 0 Å². The van der Waals surface area contributed by atoms with Crippen molar-refractivity contribution in [2.24, 2.45) is 0 Å². The van der Waals surface area contributed by atoms with Gasteiger partial charge in [-0.15, -0.1) is 0 Å². The fraction of sp³-hybridized carbons (Fsp3) is 0. The maximum Gasteiger partial charge on any atom is -0.00201 e. The molecule has 1 aliphatic rings. The van der Waals surface area contributed by atoms with E-state index in [0.717, 1.165) is 0 Å². The monoisotopic (exact) mass is 680 g/mol. The van der Waals surface area contributed by atoms with Crippen molar-refractivity contribution >= 4 is 64.6 Å². The molecular weight excluding hydrogens is 649 g/mol.